The predicted octanol–water partition coefficient (Wildman–Crippen LogP) is 5.02. The monoisotopic (exact) mass is 289 g/mol. The maximum absolute atomic E-state index is 5.59. The third kappa shape index (κ3) is 5.03. The molecule has 0 radical (unpaired) electrons. The minimum absolute atomic E-state index is 0.492. The fourth-order valence-corrected chi connectivity index (χ4v) is 3.21. The van der Waals surface area contributed by atoms with Crippen LogP contribution in [0.2, 0.25) is 0 Å². The average molecular weight is 289 g/mol. The predicted molar refractivity (Wildman–Crippen MR) is 90.1 cm³/mol. The summed E-state index contributed by atoms with van der Waals surface area (Å²) in [5.74, 6) is 1.09. The maximum Gasteiger partial charge on any atom is 0.122 e. The molecule has 1 aromatic rings. The van der Waals surface area contributed by atoms with E-state index in [4.69, 9.17) is 4.74 Å². The van der Waals surface area contributed by atoms with Crippen LogP contribution in [0.15, 0.2) is 18.2 Å². The van der Waals surface area contributed by atoms with Crippen molar-refractivity contribution in [1.29, 1.82) is 0 Å². The molecule has 1 N–H and O–H groups in total. The minimum atomic E-state index is 0.492. The van der Waals surface area contributed by atoms with E-state index in [1.165, 1.54) is 62.5 Å². The highest BCUT2D eigenvalue weighted by molar-refractivity contribution is 5.40. The van der Waals surface area contributed by atoms with E-state index in [9.17, 15) is 0 Å². The second-order valence-electron chi connectivity index (χ2n) is 6.22. The lowest BCUT2D eigenvalue weighted by molar-refractivity contribution is 0.356. The largest absolute Gasteiger partial charge is 0.493 e. The molecule has 1 heterocycles. The van der Waals surface area contributed by atoms with Gasteiger partial charge in [0.05, 0.1) is 6.61 Å². The highest BCUT2D eigenvalue weighted by atomic mass is 16.5. The molecule has 0 amide bonds. The molecular formula is C19H31NO. The third-order valence-electron chi connectivity index (χ3n) is 4.56. The van der Waals surface area contributed by atoms with Gasteiger partial charge in [-0.25, -0.2) is 0 Å². The SMILES string of the molecule is CCCCCCCCCC(NC)c1ccc2c(c1)CCO2. The zero-order valence-electron chi connectivity index (χ0n) is 13.8. The molecule has 118 valence electrons. The van der Waals surface area contributed by atoms with Crippen LogP contribution in [0.3, 0.4) is 0 Å². The Hall–Kier alpha value is -1.02. The van der Waals surface area contributed by atoms with Gasteiger partial charge in [-0.1, -0.05) is 64.0 Å². The van der Waals surface area contributed by atoms with E-state index in [1.807, 2.05) is 0 Å². The first-order valence-corrected chi connectivity index (χ1v) is 8.78. The average Bonchev–Trinajstić information content (AvgIpc) is 2.97. The van der Waals surface area contributed by atoms with Gasteiger partial charge < -0.3 is 10.1 Å². The molecule has 1 aromatic carbocycles. The summed E-state index contributed by atoms with van der Waals surface area (Å²) in [6.45, 7) is 3.12. The molecule has 1 aliphatic heterocycles. The molecule has 1 atom stereocenters. The van der Waals surface area contributed by atoms with Crippen molar-refractivity contribution in [3.05, 3.63) is 29.3 Å². The first kappa shape index (κ1) is 16.4. The molecule has 0 fully saturated rings. The molecule has 1 unspecified atom stereocenters. The maximum atomic E-state index is 5.59. The van der Waals surface area contributed by atoms with Crippen LogP contribution in [0.5, 0.6) is 5.75 Å². The molecular weight excluding hydrogens is 258 g/mol. The summed E-state index contributed by atoms with van der Waals surface area (Å²) in [4.78, 5) is 0. The number of nitrogens with one attached hydrogen (secondary N) is 1. The standard InChI is InChI=1S/C19H31NO/c1-3-4-5-6-7-8-9-10-18(20-2)16-11-12-19-17(15-16)13-14-21-19/h11-12,15,18,20H,3-10,13-14H2,1-2H3. The van der Waals surface area contributed by atoms with E-state index in [-0.39, 0.29) is 0 Å². The van der Waals surface area contributed by atoms with Crippen molar-refractivity contribution in [3.8, 4) is 5.75 Å². The zero-order chi connectivity index (χ0) is 14.9. The summed E-state index contributed by atoms with van der Waals surface area (Å²) in [7, 11) is 2.08. The van der Waals surface area contributed by atoms with E-state index >= 15 is 0 Å². The van der Waals surface area contributed by atoms with Gasteiger partial charge in [0.15, 0.2) is 0 Å². The van der Waals surface area contributed by atoms with Gasteiger partial charge in [0.25, 0.3) is 0 Å². The number of benzene rings is 1. The molecule has 21 heavy (non-hydrogen) atoms. The summed E-state index contributed by atoms with van der Waals surface area (Å²) in [6.07, 6.45) is 12.0. The van der Waals surface area contributed by atoms with Crippen molar-refractivity contribution >= 4 is 0 Å². The topological polar surface area (TPSA) is 21.3 Å². The van der Waals surface area contributed by atoms with Crippen LogP contribution in [0.1, 0.15) is 75.5 Å². The Labute approximate surface area is 130 Å². The van der Waals surface area contributed by atoms with E-state index < -0.39 is 0 Å². The smallest absolute Gasteiger partial charge is 0.122 e. The van der Waals surface area contributed by atoms with Gasteiger partial charge in [0.1, 0.15) is 5.75 Å². The Kier molecular flexibility index (Phi) is 7.08. The second kappa shape index (κ2) is 9.09. The first-order chi connectivity index (χ1) is 10.3. The number of hydrogen-bond acceptors (Lipinski definition) is 2. The second-order valence-corrected chi connectivity index (χ2v) is 6.22. The van der Waals surface area contributed by atoms with E-state index in [1.54, 1.807) is 0 Å². The summed E-state index contributed by atoms with van der Waals surface area (Å²) in [5.41, 5.74) is 2.81. The summed E-state index contributed by atoms with van der Waals surface area (Å²) in [5, 5.41) is 3.48. The molecule has 0 saturated heterocycles. The van der Waals surface area contributed by atoms with Crippen molar-refractivity contribution in [2.45, 2.75) is 70.8 Å². The van der Waals surface area contributed by atoms with E-state index in [2.05, 4.69) is 37.5 Å². The van der Waals surface area contributed by atoms with Crippen LogP contribution in [-0.4, -0.2) is 13.7 Å². The van der Waals surface area contributed by atoms with Gasteiger partial charge in [-0.3, -0.25) is 0 Å². The molecule has 2 rings (SSSR count). The van der Waals surface area contributed by atoms with Crippen molar-refractivity contribution in [1.82, 2.24) is 5.32 Å². The lowest BCUT2D eigenvalue weighted by atomic mass is 9.97. The quantitative estimate of drug-likeness (QED) is 0.610. The van der Waals surface area contributed by atoms with Crippen LogP contribution in [0, 0.1) is 0 Å². The minimum Gasteiger partial charge on any atom is -0.493 e. The molecule has 0 aromatic heterocycles. The Bertz CT molecular complexity index is 416. The number of ether oxygens (including phenoxy) is 1. The normalized spacial score (nSPS) is 14.8. The molecule has 0 aliphatic carbocycles. The number of rotatable bonds is 10. The number of fused-ring (bicyclic) bond motifs is 1. The van der Waals surface area contributed by atoms with Crippen LogP contribution in [0.25, 0.3) is 0 Å². The Morgan fingerprint density at radius 2 is 1.86 bits per heavy atom. The zero-order valence-corrected chi connectivity index (χ0v) is 13.8. The third-order valence-corrected chi connectivity index (χ3v) is 4.56. The van der Waals surface area contributed by atoms with Crippen LogP contribution in [0.4, 0.5) is 0 Å². The molecule has 2 nitrogen and oxygen atoms in total. The summed E-state index contributed by atoms with van der Waals surface area (Å²) in [6, 6.07) is 7.20. The van der Waals surface area contributed by atoms with E-state index in [0.29, 0.717) is 6.04 Å². The van der Waals surface area contributed by atoms with Gasteiger partial charge >= 0.3 is 0 Å². The molecule has 0 spiro atoms. The van der Waals surface area contributed by atoms with Crippen molar-refractivity contribution in [2.75, 3.05) is 13.7 Å². The van der Waals surface area contributed by atoms with E-state index in [0.717, 1.165) is 18.8 Å². The van der Waals surface area contributed by atoms with Gasteiger partial charge in [-0.15, -0.1) is 0 Å². The molecule has 1 aliphatic rings. The Morgan fingerprint density at radius 3 is 2.62 bits per heavy atom. The van der Waals surface area contributed by atoms with Crippen molar-refractivity contribution < 1.29 is 4.74 Å². The fourth-order valence-electron chi connectivity index (χ4n) is 3.21. The van der Waals surface area contributed by atoms with Crippen LogP contribution < -0.4 is 10.1 Å². The first-order valence-electron chi connectivity index (χ1n) is 8.78. The van der Waals surface area contributed by atoms with Gasteiger partial charge in [-0.2, -0.15) is 0 Å². The molecule has 0 saturated carbocycles. The lowest BCUT2D eigenvalue weighted by Gasteiger charge is -2.17. The molecule has 0 bridgehead atoms. The van der Waals surface area contributed by atoms with Gasteiger partial charge in [-0.05, 0) is 30.7 Å². The van der Waals surface area contributed by atoms with Crippen molar-refractivity contribution in [3.63, 3.8) is 0 Å². The van der Waals surface area contributed by atoms with Gasteiger partial charge in [0, 0.05) is 12.5 Å². The highest BCUT2D eigenvalue weighted by Crippen LogP contribution is 2.29. The lowest BCUT2D eigenvalue weighted by Crippen LogP contribution is -2.16. The van der Waals surface area contributed by atoms with Crippen LogP contribution in [-0.2, 0) is 6.42 Å². The highest BCUT2D eigenvalue weighted by Gasteiger charge is 2.15. The number of hydrogen-bond donors (Lipinski definition) is 1. The van der Waals surface area contributed by atoms with Gasteiger partial charge in [0.2, 0.25) is 0 Å². The van der Waals surface area contributed by atoms with Crippen molar-refractivity contribution in [2.24, 2.45) is 0 Å². The fraction of sp³-hybridized carbons (Fsp3) is 0.684. The molecule has 2 heteroatoms. The Morgan fingerprint density at radius 1 is 1.10 bits per heavy atom. The summed E-state index contributed by atoms with van der Waals surface area (Å²) >= 11 is 0. The Balaban J connectivity index is 1.73. The van der Waals surface area contributed by atoms with Crippen LogP contribution >= 0.6 is 0 Å². The number of unbranched alkanes of at least 4 members (excludes halogenated alkanes) is 6. The summed E-state index contributed by atoms with van der Waals surface area (Å²) < 4.78 is 5.59.